The van der Waals surface area contributed by atoms with E-state index < -0.39 is 0 Å². The number of nitrogens with zero attached hydrogens (tertiary/aromatic N) is 4. The zero-order valence-corrected chi connectivity index (χ0v) is 31.2. The van der Waals surface area contributed by atoms with Crippen molar-refractivity contribution in [1.82, 2.24) is 19.1 Å². The van der Waals surface area contributed by atoms with Crippen molar-refractivity contribution >= 4 is 11.0 Å². The summed E-state index contributed by atoms with van der Waals surface area (Å²) in [5.74, 6) is 1.87. The minimum absolute atomic E-state index is 0.0312. The molecule has 0 aliphatic heterocycles. The molecule has 0 aliphatic rings. The number of para-hydroxylation sites is 3. The van der Waals surface area contributed by atoms with Crippen molar-refractivity contribution in [1.29, 1.82) is 0 Å². The van der Waals surface area contributed by atoms with E-state index in [9.17, 15) is 5.11 Å². The number of phenols is 1. The first kappa shape index (κ1) is 33.9. The summed E-state index contributed by atoms with van der Waals surface area (Å²) in [6.07, 6.45) is 2.10. The third-order valence-corrected chi connectivity index (χ3v) is 9.90. The summed E-state index contributed by atoms with van der Waals surface area (Å²) >= 11 is 0. The Kier molecular flexibility index (Phi) is 8.38. The average Bonchev–Trinajstić information content (AvgIpc) is 3.79. The van der Waals surface area contributed by atoms with Crippen LogP contribution < -0.4 is 0 Å². The zero-order valence-electron chi connectivity index (χ0n) is 31.2. The van der Waals surface area contributed by atoms with E-state index in [1.165, 1.54) is 5.56 Å². The molecule has 8 aromatic rings. The third kappa shape index (κ3) is 6.33. The first-order chi connectivity index (χ1) is 25.5. The smallest absolute Gasteiger partial charge is 0.148 e. The van der Waals surface area contributed by atoms with Crippen LogP contribution in [0.2, 0.25) is 0 Å². The van der Waals surface area contributed by atoms with Crippen LogP contribution in [0.1, 0.15) is 52.9 Å². The zero-order chi connectivity index (χ0) is 36.9. The molecule has 5 heteroatoms. The highest BCUT2D eigenvalue weighted by atomic mass is 16.3. The highest BCUT2D eigenvalue weighted by molar-refractivity contribution is 5.94. The summed E-state index contributed by atoms with van der Waals surface area (Å²) in [5, 5.41) is 11.1. The summed E-state index contributed by atoms with van der Waals surface area (Å²) in [6, 6.07) is 50.1. The highest BCUT2D eigenvalue weighted by Gasteiger charge is 2.26. The van der Waals surface area contributed by atoms with Crippen molar-refractivity contribution in [3.05, 3.63) is 163 Å². The summed E-state index contributed by atoms with van der Waals surface area (Å²) in [7, 11) is 0. The Morgan fingerprint density at radius 2 is 1.17 bits per heavy atom. The number of benzene rings is 6. The van der Waals surface area contributed by atoms with Gasteiger partial charge in [-0.3, -0.25) is 9.13 Å². The Labute approximate surface area is 311 Å². The molecule has 0 fully saturated rings. The lowest BCUT2D eigenvalue weighted by atomic mass is 9.85. The average molecular weight is 693 g/mol. The van der Waals surface area contributed by atoms with Crippen molar-refractivity contribution in [2.75, 3.05) is 0 Å². The maximum absolute atomic E-state index is 11.1. The maximum atomic E-state index is 11.1. The van der Waals surface area contributed by atoms with Crippen LogP contribution in [0, 0.1) is 0 Å². The molecule has 0 aliphatic carbocycles. The third-order valence-electron chi connectivity index (χ3n) is 9.90. The molecular formula is C48H44N4O. The lowest BCUT2D eigenvalue weighted by molar-refractivity contribution is 0.477. The molecule has 53 heavy (non-hydrogen) atoms. The molecule has 0 atom stereocenters. The van der Waals surface area contributed by atoms with Gasteiger partial charge < -0.3 is 5.11 Å². The van der Waals surface area contributed by atoms with Crippen molar-refractivity contribution in [2.45, 2.75) is 52.4 Å². The van der Waals surface area contributed by atoms with E-state index in [1.54, 1.807) is 6.07 Å². The number of imidazole rings is 2. The van der Waals surface area contributed by atoms with Crippen LogP contribution in [-0.4, -0.2) is 24.2 Å². The van der Waals surface area contributed by atoms with Gasteiger partial charge in [0.2, 0.25) is 0 Å². The van der Waals surface area contributed by atoms with Crippen molar-refractivity contribution < 1.29 is 5.11 Å². The minimum Gasteiger partial charge on any atom is -0.507 e. The topological polar surface area (TPSA) is 55.9 Å². The fraction of sp³-hybridized carbons (Fsp3) is 0.167. The fourth-order valence-corrected chi connectivity index (χ4v) is 7.14. The highest BCUT2D eigenvalue weighted by Crippen LogP contribution is 2.40. The lowest BCUT2D eigenvalue weighted by Gasteiger charge is -2.22. The molecule has 6 aromatic carbocycles. The summed E-state index contributed by atoms with van der Waals surface area (Å²) in [5.41, 5.74) is 11.9. The number of aromatic nitrogens is 4. The molecule has 0 bridgehead atoms. The van der Waals surface area contributed by atoms with E-state index in [1.807, 2.05) is 30.3 Å². The van der Waals surface area contributed by atoms with Gasteiger partial charge in [0, 0.05) is 34.0 Å². The molecule has 0 spiro atoms. The van der Waals surface area contributed by atoms with Crippen LogP contribution in [-0.2, 0) is 10.8 Å². The van der Waals surface area contributed by atoms with Crippen LogP contribution in [0.4, 0.5) is 0 Å². The van der Waals surface area contributed by atoms with Gasteiger partial charge in [-0.05, 0) is 70.6 Å². The van der Waals surface area contributed by atoms with E-state index in [-0.39, 0.29) is 16.6 Å². The summed E-state index contributed by atoms with van der Waals surface area (Å²) < 4.78 is 4.42. The molecule has 1 N–H and O–H groups in total. The molecule has 8 rings (SSSR count). The first-order valence-electron chi connectivity index (χ1n) is 18.2. The van der Waals surface area contributed by atoms with Crippen molar-refractivity contribution in [3.63, 3.8) is 0 Å². The van der Waals surface area contributed by atoms with Gasteiger partial charge in [-0.15, -0.1) is 0 Å². The number of fused-ring (bicyclic) bond motifs is 1. The van der Waals surface area contributed by atoms with Gasteiger partial charge in [-0.1, -0.05) is 139 Å². The molecule has 0 saturated carbocycles. The molecule has 2 heterocycles. The van der Waals surface area contributed by atoms with Crippen LogP contribution in [0.25, 0.3) is 67.3 Å². The van der Waals surface area contributed by atoms with Crippen LogP contribution in [0.15, 0.2) is 152 Å². The molecule has 0 radical (unpaired) electrons. The van der Waals surface area contributed by atoms with E-state index in [2.05, 4.69) is 166 Å². The standard InChI is InChI=1S/C48H44N4O/c1-47(2,3)35-27-28-41(39(30-35)32-17-9-7-10-18-32)51-31-40(49-45(51)38-23-13-14-26-43(38)53)34-20-15-19-33(29-34)37-24-16-25-42-44(37)50-46(48(4,5)6)52(42)36-21-11-8-12-22-36/h7-31,53H,1-6H3. The Balaban J connectivity index is 1.32. The summed E-state index contributed by atoms with van der Waals surface area (Å²) in [4.78, 5) is 10.6. The second kappa shape index (κ2) is 13.1. The van der Waals surface area contributed by atoms with Crippen molar-refractivity contribution in [3.8, 4) is 62.0 Å². The monoisotopic (exact) mass is 692 g/mol. The van der Waals surface area contributed by atoms with E-state index in [4.69, 9.17) is 9.97 Å². The molecule has 262 valence electrons. The van der Waals surface area contributed by atoms with Gasteiger partial charge in [0.1, 0.15) is 17.4 Å². The first-order valence-corrected chi connectivity index (χ1v) is 18.2. The molecular weight excluding hydrogens is 649 g/mol. The second-order valence-electron chi connectivity index (χ2n) is 15.8. The van der Waals surface area contributed by atoms with Gasteiger partial charge >= 0.3 is 0 Å². The molecule has 0 unspecified atom stereocenters. The normalized spacial score (nSPS) is 12.0. The predicted octanol–water partition coefficient (Wildman–Crippen LogP) is 12.2. The van der Waals surface area contributed by atoms with E-state index in [0.717, 1.165) is 61.7 Å². The van der Waals surface area contributed by atoms with Crippen LogP contribution in [0.5, 0.6) is 5.75 Å². The number of hydrogen-bond acceptors (Lipinski definition) is 3. The molecule has 0 saturated heterocycles. The lowest BCUT2D eigenvalue weighted by Crippen LogP contribution is -2.18. The van der Waals surface area contributed by atoms with E-state index >= 15 is 0 Å². The Morgan fingerprint density at radius 1 is 0.528 bits per heavy atom. The Bertz CT molecular complexity index is 2580. The molecule has 5 nitrogen and oxygen atoms in total. The van der Waals surface area contributed by atoms with Gasteiger partial charge in [0.25, 0.3) is 0 Å². The van der Waals surface area contributed by atoms with Gasteiger partial charge in [0.05, 0.1) is 28.0 Å². The van der Waals surface area contributed by atoms with Crippen molar-refractivity contribution in [2.24, 2.45) is 0 Å². The quantitative estimate of drug-likeness (QED) is 0.189. The Hall–Kier alpha value is -6.20. The Morgan fingerprint density at radius 3 is 1.89 bits per heavy atom. The van der Waals surface area contributed by atoms with Gasteiger partial charge in [-0.2, -0.15) is 0 Å². The SMILES string of the molecule is CC(C)(C)c1ccc(-n2cc(-c3cccc(-c4cccc5c4nc(C(C)(C)C)n5-c4ccccc4)c3)nc2-c2ccccc2O)c(-c2ccccc2)c1. The van der Waals surface area contributed by atoms with E-state index in [0.29, 0.717) is 11.4 Å². The van der Waals surface area contributed by atoms with Crippen LogP contribution >= 0.6 is 0 Å². The maximum Gasteiger partial charge on any atom is 0.148 e. The fourth-order valence-electron chi connectivity index (χ4n) is 7.14. The second-order valence-corrected chi connectivity index (χ2v) is 15.8. The number of phenolic OH excluding ortho intramolecular Hbond substituents is 1. The number of hydrogen-bond donors (Lipinski definition) is 1. The predicted molar refractivity (Wildman–Crippen MR) is 219 cm³/mol. The van der Waals surface area contributed by atoms with Crippen LogP contribution in [0.3, 0.4) is 0 Å². The number of rotatable bonds is 6. The van der Waals surface area contributed by atoms with Gasteiger partial charge in [-0.25, -0.2) is 9.97 Å². The number of aromatic hydroxyl groups is 1. The molecule has 0 amide bonds. The minimum atomic E-state index is -0.177. The molecule has 2 aromatic heterocycles. The van der Waals surface area contributed by atoms with Gasteiger partial charge in [0.15, 0.2) is 0 Å². The largest absolute Gasteiger partial charge is 0.507 e. The summed E-state index contributed by atoms with van der Waals surface area (Å²) in [6.45, 7) is 13.4.